The number of anilines is 1. The van der Waals surface area contributed by atoms with Crippen molar-refractivity contribution in [3.05, 3.63) is 49.1 Å². The lowest BCUT2D eigenvalue weighted by atomic mass is 10.0. The molecule has 5 rings (SSSR count). The Kier molecular flexibility index (Phi) is 5.05. The molecule has 0 aliphatic heterocycles. The first-order chi connectivity index (χ1) is 15.1. The first-order valence-corrected chi connectivity index (χ1v) is 11.7. The molecular formula is C21H20N6O2S2. The summed E-state index contributed by atoms with van der Waals surface area (Å²) in [5.41, 5.74) is 11.5. The predicted molar refractivity (Wildman–Crippen MR) is 124 cm³/mol. The van der Waals surface area contributed by atoms with E-state index in [0.29, 0.717) is 22.3 Å². The van der Waals surface area contributed by atoms with E-state index in [9.17, 15) is 4.21 Å². The second kappa shape index (κ2) is 7.88. The van der Waals surface area contributed by atoms with Crippen LogP contribution in [0.5, 0.6) is 0 Å². The number of pyridine rings is 2. The van der Waals surface area contributed by atoms with E-state index in [2.05, 4.69) is 10.1 Å². The van der Waals surface area contributed by atoms with Crippen molar-refractivity contribution in [3.63, 3.8) is 0 Å². The van der Waals surface area contributed by atoms with Gasteiger partial charge in [0.2, 0.25) is 0 Å². The van der Waals surface area contributed by atoms with Gasteiger partial charge in [0, 0.05) is 55.5 Å². The zero-order chi connectivity index (χ0) is 21.5. The molecule has 0 radical (unpaired) electrons. The van der Waals surface area contributed by atoms with E-state index in [-0.39, 0.29) is 0 Å². The molecule has 0 bridgehead atoms. The lowest BCUT2D eigenvalue weighted by molar-refractivity contribution is 0.218. The van der Waals surface area contributed by atoms with E-state index in [4.69, 9.17) is 15.5 Å². The summed E-state index contributed by atoms with van der Waals surface area (Å²) in [6.45, 7) is 0.401. The van der Waals surface area contributed by atoms with Gasteiger partial charge in [-0.1, -0.05) is 0 Å². The number of imidazole rings is 1. The van der Waals surface area contributed by atoms with Gasteiger partial charge in [-0.2, -0.15) is 5.10 Å². The number of nitrogens with two attached hydrogens (primary N) is 1. The molecule has 2 N–H and O–H groups in total. The molecule has 0 spiro atoms. The van der Waals surface area contributed by atoms with Gasteiger partial charge in [0.1, 0.15) is 14.7 Å². The molecule has 0 saturated carbocycles. The van der Waals surface area contributed by atoms with Gasteiger partial charge < -0.3 is 14.9 Å². The summed E-state index contributed by atoms with van der Waals surface area (Å²) in [7, 11) is 2.22. The minimum atomic E-state index is -1.26. The number of rotatable bonds is 6. The third-order valence-corrected chi connectivity index (χ3v) is 8.00. The van der Waals surface area contributed by atoms with Crippen molar-refractivity contribution in [3.8, 4) is 22.5 Å². The normalized spacial score (nSPS) is 12.7. The van der Waals surface area contributed by atoms with Crippen LogP contribution < -0.4 is 5.73 Å². The summed E-state index contributed by atoms with van der Waals surface area (Å²) in [5.74, 6) is 0.388. The van der Waals surface area contributed by atoms with Crippen molar-refractivity contribution in [1.29, 1.82) is 0 Å². The smallest absolute Gasteiger partial charge is 0.136 e. The SMILES string of the molecule is COCCS(=O)c1sc2nc(-c3ccc4nccn4c3)cc(-c3ccnn3C)c2c1N. The summed E-state index contributed by atoms with van der Waals surface area (Å²) in [5, 5.41) is 5.13. The maximum Gasteiger partial charge on any atom is 0.136 e. The highest BCUT2D eigenvalue weighted by atomic mass is 32.2. The van der Waals surface area contributed by atoms with Crippen molar-refractivity contribution < 1.29 is 8.95 Å². The molecule has 0 aliphatic rings. The Morgan fingerprint density at radius 3 is 2.90 bits per heavy atom. The molecule has 158 valence electrons. The topological polar surface area (TPSA) is 100 Å². The maximum absolute atomic E-state index is 12.8. The van der Waals surface area contributed by atoms with Gasteiger partial charge in [-0.3, -0.25) is 8.89 Å². The van der Waals surface area contributed by atoms with Crippen LogP contribution >= 0.6 is 11.3 Å². The van der Waals surface area contributed by atoms with E-state index < -0.39 is 10.8 Å². The lowest BCUT2D eigenvalue weighted by Gasteiger charge is -2.09. The summed E-state index contributed by atoms with van der Waals surface area (Å²) in [4.78, 5) is 9.94. The fraction of sp³-hybridized carbons (Fsp3) is 0.190. The number of thiophene rings is 1. The Labute approximate surface area is 184 Å². The van der Waals surface area contributed by atoms with E-state index in [1.807, 2.05) is 48.1 Å². The van der Waals surface area contributed by atoms with Crippen molar-refractivity contribution in [1.82, 2.24) is 24.1 Å². The molecule has 10 heteroatoms. The standard InChI is InChI=1S/C21H20N6O2S2/c1-26-16(5-6-24-26)14-11-15(13-3-4-17-23-7-8-27(17)12-13)25-20-18(14)19(22)21(30-20)31(28)10-9-29-2/h3-8,11-12H,9-10,22H2,1-2H3. The Morgan fingerprint density at radius 2 is 2.13 bits per heavy atom. The zero-order valence-corrected chi connectivity index (χ0v) is 18.6. The molecule has 0 amide bonds. The number of hydrogen-bond acceptors (Lipinski definition) is 7. The molecule has 5 aromatic rings. The summed E-state index contributed by atoms with van der Waals surface area (Å²) in [6.07, 6.45) is 7.41. The summed E-state index contributed by atoms with van der Waals surface area (Å²) < 4.78 is 22.3. The highest BCUT2D eigenvalue weighted by Gasteiger charge is 2.22. The van der Waals surface area contributed by atoms with Crippen molar-refractivity contribution >= 4 is 43.7 Å². The van der Waals surface area contributed by atoms with Crippen molar-refractivity contribution in [2.75, 3.05) is 25.2 Å². The van der Waals surface area contributed by atoms with Crippen LogP contribution in [-0.4, -0.2) is 47.8 Å². The van der Waals surface area contributed by atoms with Crippen LogP contribution in [0.4, 0.5) is 5.69 Å². The van der Waals surface area contributed by atoms with Gasteiger partial charge in [-0.15, -0.1) is 11.3 Å². The largest absolute Gasteiger partial charge is 0.396 e. The van der Waals surface area contributed by atoms with E-state index in [0.717, 1.165) is 38.4 Å². The van der Waals surface area contributed by atoms with Gasteiger partial charge in [0.05, 0.1) is 40.2 Å². The van der Waals surface area contributed by atoms with Crippen LogP contribution in [0.1, 0.15) is 0 Å². The van der Waals surface area contributed by atoms with Gasteiger partial charge in [0.25, 0.3) is 0 Å². The van der Waals surface area contributed by atoms with Crippen LogP contribution in [0, 0.1) is 0 Å². The number of fused-ring (bicyclic) bond motifs is 2. The summed E-state index contributed by atoms with van der Waals surface area (Å²) in [6, 6.07) is 7.91. The van der Waals surface area contributed by atoms with Crippen LogP contribution in [0.15, 0.2) is 53.3 Å². The van der Waals surface area contributed by atoms with E-state index in [1.54, 1.807) is 24.2 Å². The number of nitrogen functional groups attached to an aromatic ring is 1. The van der Waals surface area contributed by atoms with Crippen LogP contribution in [0.25, 0.3) is 38.4 Å². The Balaban J connectivity index is 1.74. The predicted octanol–water partition coefficient (Wildman–Crippen LogP) is 3.35. The van der Waals surface area contributed by atoms with Gasteiger partial charge in [0.15, 0.2) is 0 Å². The molecule has 0 saturated heterocycles. The molecule has 0 fully saturated rings. The second-order valence-corrected chi connectivity index (χ2v) is 9.80. The molecule has 31 heavy (non-hydrogen) atoms. The fourth-order valence-corrected chi connectivity index (χ4v) is 6.14. The third-order valence-electron chi connectivity index (χ3n) is 5.13. The lowest BCUT2D eigenvalue weighted by Crippen LogP contribution is -2.04. The maximum atomic E-state index is 12.8. The van der Waals surface area contributed by atoms with Gasteiger partial charge >= 0.3 is 0 Å². The Morgan fingerprint density at radius 1 is 1.26 bits per heavy atom. The molecule has 0 aromatic carbocycles. The van der Waals surface area contributed by atoms with Crippen molar-refractivity contribution in [2.24, 2.45) is 7.05 Å². The van der Waals surface area contributed by atoms with Crippen molar-refractivity contribution in [2.45, 2.75) is 4.21 Å². The van der Waals surface area contributed by atoms with Crippen LogP contribution in [0.2, 0.25) is 0 Å². The monoisotopic (exact) mass is 452 g/mol. The van der Waals surface area contributed by atoms with E-state index >= 15 is 0 Å². The van der Waals surface area contributed by atoms with Crippen LogP contribution in [-0.2, 0) is 22.6 Å². The number of ether oxygens (including phenoxy) is 1. The number of methoxy groups -OCH3 is 1. The Bertz CT molecular complexity index is 1430. The molecule has 1 unspecified atom stereocenters. The summed E-state index contributed by atoms with van der Waals surface area (Å²) >= 11 is 1.37. The highest BCUT2D eigenvalue weighted by molar-refractivity contribution is 7.87. The van der Waals surface area contributed by atoms with Crippen LogP contribution in [0.3, 0.4) is 0 Å². The molecular weight excluding hydrogens is 432 g/mol. The minimum Gasteiger partial charge on any atom is -0.396 e. The highest BCUT2D eigenvalue weighted by Crippen LogP contribution is 2.42. The van der Waals surface area contributed by atoms with Gasteiger partial charge in [-0.25, -0.2) is 9.97 Å². The number of aryl methyl sites for hydroxylation is 1. The average Bonchev–Trinajstić information content (AvgIpc) is 3.49. The molecule has 5 heterocycles. The fourth-order valence-electron chi connectivity index (χ4n) is 3.58. The van der Waals surface area contributed by atoms with E-state index in [1.165, 1.54) is 11.3 Å². The first-order valence-electron chi connectivity index (χ1n) is 9.58. The van der Waals surface area contributed by atoms with Gasteiger partial charge in [-0.05, 0) is 24.3 Å². The number of hydrogen-bond donors (Lipinski definition) is 1. The molecule has 0 aliphatic carbocycles. The molecule has 1 atom stereocenters. The Hall–Kier alpha value is -3.08. The zero-order valence-electron chi connectivity index (χ0n) is 17.0. The number of nitrogens with zero attached hydrogens (tertiary/aromatic N) is 5. The number of aromatic nitrogens is 5. The average molecular weight is 453 g/mol. The third kappa shape index (κ3) is 3.42. The second-order valence-electron chi connectivity index (χ2n) is 7.03. The minimum absolute atomic E-state index is 0.388. The molecule has 5 aromatic heterocycles. The molecule has 8 nitrogen and oxygen atoms in total. The quantitative estimate of drug-likeness (QED) is 0.424. The first kappa shape index (κ1) is 19.9.